The summed E-state index contributed by atoms with van der Waals surface area (Å²) in [6.07, 6.45) is 0.552. The minimum atomic E-state index is -0.374. The molecule has 0 aliphatic carbocycles. The standard InChI is InChI=1S/C21H22N4O4S/c1-12(2)29-18-9-8-15-19(23-18)25(3)17(22-15)11-28-14-6-4-13(5-7-14)10-16-20(26)24-21(27)30-16/h4-9,12,16H,10-11H2,1-3H3,(H,24,26,27). The first kappa shape index (κ1) is 20.2. The number of hydrogen-bond donors (Lipinski definition) is 1. The minimum absolute atomic E-state index is 0.0519. The number of fused-ring (bicyclic) bond motifs is 1. The van der Waals surface area contributed by atoms with Gasteiger partial charge in [0.05, 0.1) is 11.4 Å². The highest BCUT2D eigenvalue weighted by molar-refractivity contribution is 8.15. The van der Waals surface area contributed by atoms with Gasteiger partial charge in [-0.25, -0.2) is 4.98 Å². The maximum Gasteiger partial charge on any atom is 0.286 e. The molecule has 1 unspecified atom stereocenters. The number of carbonyl (C=O) groups is 2. The third kappa shape index (κ3) is 4.40. The predicted molar refractivity (Wildman–Crippen MR) is 114 cm³/mol. The monoisotopic (exact) mass is 426 g/mol. The number of ether oxygens (including phenoxy) is 2. The molecule has 1 atom stereocenters. The fourth-order valence-electron chi connectivity index (χ4n) is 3.14. The second-order valence-corrected chi connectivity index (χ2v) is 8.44. The molecule has 0 saturated carbocycles. The van der Waals surface area contributed by atoms with E-state index < -0.39 is 0 Å². The summed E-state index contributed by atoms with van der Waals surface area (Å²) < 4.78 is 13.4. The van der Waals surface area contributed by atoms with Crippen LogP contribution in [0.3, 0.4) is 0 Å². The van der Waals surface area contributed by atoms with E-state index in [9.17, 15) is 9.59 Å². The van der Waals surface area contributed by atoms with Crippen LogP contribution in [0, 0.1) is 0 Å². The van der Waals surface area contributed by atoms with Crippen LogP contribution in [-0.4, -0.2) is 37.0 Å². The van der Waals surface area contributed by atoms with E-state index in [0.717, 1.165) is 34.3 Å². The molecule has 156 valence electrons. The lowest BCUT2D eigenvalue weighted by molar-refractivity contribution is -0.118. The van der Waals surface area contributed by atoms with Gasteiger partial charge in [0.25, 0.3) is 5.24 Å². The number of pyridine rings is 1. The third-order valence-electron chi connectivity index (χ3n) is 4.62. The Bertz CT molecular complexity index is 1090. The molecule has 8 nitrogen and oxygen atoms in total. The van der Waals surface area contributed by atoms with E-state index in [4.69, 9.17) is 9.47 Å². The number of hydrogen-bond acceptors (Lipinski definition) is 7. The second-order valence-electron chi connectivity index (χ2n) is 7.27. The lowest BCUT2D eigenvalue weighted by Gasteiger charge is -2.09. The zero-order chi connectivity index (χ0) is 21.3. The summed E-state index contributed by atoms with van der Waals surface area (Å²) in [5.74, 6) is 1.78. The van der Waals surface area contributed by atoms with Crippen molar-refractivity contribution in [1.29, 1.82) is 0 Å². The van der Waals surface area contributed by atoms with Crippen LogP contribution in [0.1, 0.15) is 25.2 Å². The SMILES string of the molecule is CC(C)Oc1ccc2nc(COc3ccc(CC4SC(=O)NC4=O)cc3)n(C)c2n1. The molecule has 9 heteroatoms. The number of aryl methyl sites for hydroxylation is 1. The van der Waals surface area contributed by atoms with Crippen molar-refractivity contribution < 1.29 is 19.1 Å². The largest absolute Gasteiger partial charge is 0.486 e. The van der Waals surface area contributed by atoms with Gasteiger partial charge >= 0.3 is 0 Å². The molecule has 2 amide bonds. The zero-order valence-electron chi connectivity index (χ0n) is 16.9. The molecule has 0 spiro atoms. The van der Waals surface area contributed by atoms with Gasteiger partial charge in [0, 0.05) is 13.1 Å². The van der Waals surface area contributed by atoms with Crippen molar-refractivity contribution in [3.63, 3.8) is 0 Å². The molecule has 2 aromatic heterocycles. The molecule has 0 bridgehead atoms. The average molecular weight is 426 g/mol. The smallest absolute Gasteiger partial charge is 0.286 e. The fraction of sp³-hybridized carbons (Fsp3) is 0.333. The Morgan fingerprint density at radius 2 is 1.90 bits per heavy atom. The Morgan fingerprint density at radius 3 is 2.57 bits per heavy atom. The van der Waals surface area contributed by atoms with Gasteiger partial charge in [0.2, 0.25) is 11.8 Å². The van der Waals surface area contributed by atoms with Crippen LogP contribution in [-0.2, 0) is 24.9 Å². The van der Waals surface area contributed by atoms with Crippen molar-refractivity contribution >= 4 is 34.1 Å². The number of nitrogens with one attached hydrogen (secondary N) is 1. The summed E-state index contributed by atoms with van der Waals surface area (Å²) in [5.41, 5.74) is 2.49. The van der Waals surface area contributed by atoms with E-state index in [0.29, 0.717) is 24.7 Å². The van der Waals surface area contributed by atoms with Crippen molar-refractivity contribution in [3.05, 3.63) is 47.8 Å². The molecule has 3 aromatic rings. The molecule has 1 aliphatic rings. The van der Waals surface area contributed by atoms with E-state index >= 15 is 0 Å². The zero-order valence-corrected chi connectivity index (χ0v) is 17.7. The summed E-state index contributed by atoms with van der Waals surface area (Å²) in [7, 11) is 1.90. The quantitative estimate of drug-likeness (QED) is 0.620. The Labute approximate surface area is 178 Å². The van der Waals surface area contributed by atoms with E-state index in [2.05, 4.69) is 15.3 Å². The normalized spacial score (nSPS) is 16.3. The Morgan fingerprint density at radius 1 is 1.13 bits per heavy atom. The Kier molecular flexibility index (Phi) is 5.63. The van der Waals surface area contributed by atoms with Crippen LogP contribution in [0.25, 0.3) is 11.2 Å². The Hall–Kier alpha value is -3.07. The van der Waals surface area contributed by atoms with Crippen LogP contribution in [0.15, 0.2) is 36.4 Å². The van der Waals surface area contributed by atoms with Crippen molar-refractivity contribution in [2.45, 2.75) is 38.2 Å². The van der Waals surface area contributed by atoms with Gasteiger partial charge in [-0.05, 0) is 44.0 Å². The van der Waals surface area contributed by atoms with E-state index in [1.54, 1.807) is 0 Å². The van der Waals surface area contributed by atoms with Crippen molar-refractivity contribution in [3.8, 4) is 11.6 Å². The van der Waals surface area contributed by atoms with Crippen molar-refractivity contribution in [2.75, 3.05) is 0 Å². The molecule has 3 heterocycles. The summed E-state index contributed by atoms with van der Waals surface area (Å²) in [6.45, 7) is 4.21. The number of benzene rings is 1. The minimum Gasteiger partial charge on any atom is -0.486 e. The number of thioether (sulfide) groups is 1. The molecule has 1 fully saturated rings. The van der Waals surface area contributed by atoms with Crippen molar-refractivity contribution in [2.24, 2.45) is 7.05 Å². The molecule has 1 saturated heterocycles. The molecule has 1 N–H and O–H groups in total. The van der Waals surface area contributed by atoms with Crippen LogP contribution in [0.2, 0.25) is 0 Å². The lowest BCUT2D eigenvalue weighted by Crippen LogP contribution is -2.25. The second kappa shape index (κ2) is 8.35. The lowest BCUT2D eigenvalue weighted by atomic mass is 10.1. The highest BCUT2D eigenvalue weighted by Crippen LogP contribution is 2.24. The number of imide groups is 1. The number of amides is 2. The summed E-state index contributed by atoms with van der Waals surface area (Å²) in [5, 5.41) is 1.64. The van der Waals surface area contributed by atoms with Gasteiger partial charge in [0.1, 0.15) is 23.7 Å². The van der Waals surface area contributed by atoms with Crippen LogP contribution < -0.4 is 14.8 Å². The summed E-state index contributed by atoms with van der Waals surface area (Å²) >= 11 is 1.03. The third-order valence-corrected chi connectivity index (χ3v) is 5.60. The molecule has 1 aromatic carbocycles. The highest BCUT2D eigenvalue weighted by Gasteiger charge is 2.31. The Balaban J connectivity index is 1.40. The maximum absolute atomic E-state index is 11.7. The first-order valence-electron chi connectivity index (χ1n) is 9.61. The van der Waals surface area contributed by atoms with Gasteiger partial charge < -0.3 is 14.0 Å². The molecule has 1 aliphatic heterocycles. The van der Waals surface area contributed by atoms with E-state index in [1.165, 1.54) is 0 Å². The summed E-state index contributed by atoms with van der Waals surface area (Å²) in [6, 6.07) is 11.2. The van der Waals surface area contributed by atoms with Gasteiger partial charge in [-0.2, -0.15) is 4.98 Å². The average Bonchev–Trinajstić information content (AvgIpc) is 3.19. The van der Waals surface area contributed by atoms with Gasteiger partial charge in [-0.1, -0.05) is 23.9 Å². The molecule has 4 rings (SSSR count). The molecule has 0 radical (unpaired) electrons. The van der Waals surface area contributed by atoms with Crippen LogP contribution in [0.4, 0.5) is 4.79 Å². The highest BCUT2D eigenvalue weighted by atomic mass is 32.2. The summed E-state index contributed by atoms with van der Waals surface area (Å²) in [4.78, 5) is 32.1. The number of rotatable bonds is 7. The van der Waals surface area contributed by atoms with E-state index in [1.807, 2.05) is 61.9 Å². The topological polar surface area (TPSA) is 95.3 Å². The molecule has 30 heavy (non-hydrogen) atoms. The number of carbonyl (C=O) groups excluding carboxylic acids is 2. The van der Waals surface area contributed by atoms with Crippen LogP contribution in [0.5, 0.6) is 11.6 Å². The van der Waals surface area contributed by atoms with Gasteiger partial charge in [-0.15, -0.1) is 0 Å². The number of nitrogens with zero attached hydrogens (tertiary/aromatic N) is 3. The predicted octanol–water partition coefficient (Wildman–Crippen LogP) is 3.23. The van der Waals surface area contributed by atoms with E-state index in [-0.39, 0.29) is 22.5 Å². The van der Waals surface area contributed by atoms with Crippen molar-refractivity contribution in [1.82, 2.24) is 19.9 Å². The first-order chi connectivity index (χ1) is 14.4. The molecular weight excluding hydrogens is 404 g/mol. The van der Waals surface area contributed by atoms with Crippen LogP contribution >= 0.6 is 11.8 Å². The fourth-order valence-corrected chi connectivity index (χ4v) is 4.00. The first-order valence-corrected chi connectivity index (χ1v) is 10.5. The number of imidazole rings is 1. The van der Waals surface area contributed by atoms with Gasteiger partial charge in [0.15, 0.2) is 5.65 Å². The molecular formula is C21H22N4O4S. The van der Waals surface area contributed by atoms with Gasteiger partial charge in [-0.3, -0.25) is 14.9 Å². The number of aromatic nitrogens is 3. The maximum atomic E-state index is 11.7.